The lowest BCUT2D eigenvalue weighted by atomic mass is 10.1. The van der Waals surface area contributed by atoms with Crippen LogP contribution in [0, 0.1) is 5.92 Å². The van der Waals surface area contributed by atoms with Gasteiger partial charge in [0.05, 0.1) is 17.1 Å². The SMILES string of the molecule is O=C(Cc1ccc(S(=O)(=O)CC2CC2)cc1)Nc1ccc(-c2ncon2)cc1. The fourth-order valence-electron chi connectivity index (χ4n) is 2.90. The first-order chi connectivity index (χ1) is 13.5. The fourth-order valence-corrected chi connectivity index (χ4v) is 4.59. The van der Waals surface area contributed by atoms with Crippen LogP contribution in [0.5, 0.6) is 0 Å². The minimum absolute atomic E-state index is 0.162. The molecule has 0 aliphatic heterocycles. The molecule has 0 radical (unpaired) electrons. The number of nitrogens with zero attached hydrogens (tertiary/aromatic N) is 2. The van der Waals surface area contributed by atoms with E-state index in [9.17, 15) is 13.2 Å². The normalized spacial score (nSPS) is 14.0. The Balaban J connectivity index is 1.35. The first-order valence-electron chi connectivity index (χ1n) is 8.98. The van der Waals surface area contributed by atoms with Gasteiger partial charge in [0.2, 0.25) is 18.1 Å². The van der Waals surface area contributed by atoms with Crippen LogP contribution in [-0.2, 0) is 21.1 Å². The second-order valence-corrected chi connectivity index (χ2v) is 8.96. The van der Waals surface area contributed by atoms with Crippen LogP contribution in [0.25, 0.3) is 11.4 Å². The Morgan fingerprint density at radius 2 is 1.79 bits per heavy atom. The predicted molar refractivity (Wildman–Crippen MR) is 103 cm³/mol. The highest BCUT2D eigenvalue weighted by molar-refractivity contribution is 7.91. The first kappa shape index (κ1) is 18.4. The molecule has 3 aromatic rings. The van der Waals surface area contributed by atoms with E-state index in [1.165, 1.54) is 6.39 Å². The van der Waals surface area contributed by atoms with Gasteiger partial charge in [-0.05, 0) is 60.7 Å². The van der Waals surface area contributed by atoms with Crippen molar-refractivity contribution >= 4 is 21.4 Å². The second kappa shape index (κ2) is 7.55. The lowest BCUT2D eigenvalue weighted by Gasteiger charge is -2.07. The number of sulfone groups is 1. The summed E-state index contributed by atoms with van der Waals surface area (Å²) >= 11 is 0. The highest BCUT2D eigenvalue weighted by atomic mass is 32.2. The van der Waals surface area contributed by atoms with E-state index in [1.807, 2.05) is 0 Å². The van der Waals surface area contributed by atoms with Crippen LogP contribution >= 0.6 is 0 Å². The standard InChI is InChI=1S/C20H19N3O4S/c24-19(22-17-7-5-16(6-8-17)20-21-13-27-23-20)11-14-3-9-18(10-4-14)28(25,26)12-15-1-2-15/h3-10,13,15H,1-2,11-12H2,(H,22,24). The van der Waals surface area contributed by atoms with Gasteiger partial charge in [-0.2, -0.15) is 4.98 Å². The van der Waals surface area contributed by atoms with Crippen molar-refractivity contribution in [3.8, 4) is 11.4 Å². The topological polar surface area (TPSA) is 102 Å². The highest BCUT2D eigenvalue weighted by Crippen LogP contribution is 2.32. The molecule has 2 aromatic carbocycles. The number of amides is 1. The zero-order valence-corrected chi connectivity index (χ0v) is 15.9. The molecule has 7 nitrogen and oxygen atoms in total. The van der Waals surface area contributed by atoms with Crippen molar-refractivity contribution in [2.24, 2.45) is 5.92 Å². The summed E-state index contributed by atoms with van der Waals surface area (Å²) in [6.45, 7) is 0. The summed E-state index contributed by atoms with van der Waals surface area (Å²) in [6.07, 6.45) is 3.41. The third-order valence-electron chi connectivity index (χ3n) is 4.59. The van der Waals surface area contributed by atoms with Crippen molar-refractivity contribution in [3.05, 3.63) is 60.5 Å². The smallest absolute Gasteiger partial charge is 0.228 e. The van der Waals surface area contributed by atoms with E-state index < -0.39 is 9.84 Å². The van der Waals surface area contributed by atoms with Crippen LogP contribution in [0.1, 0.15) is 18.4 Å². The lowest BCUT2D eigenvalue weighted by molar-refractivity contribution is -0.115. The number of nitrogens with one attached hydrogen (secondary N) is 1. The number of rotatable bonds is 7. The molecule has 1 N–H and O–H groups in total. The minimum Gasteiger partial charge on any atom is -0.342 e. The van der Waals surface area contributed by atoms with E-state index in [-0.39, 0.29) is 18.1 Å². The molecular weight excluding hydrogens is 378 g/mol. The average molecular weight is 397 g/mol. The van der Waals surface area contributed by atoms with Crippen LogP contribution in [0.4, 0.5) is 5.69 Å². The molecule has 1 saturated carbocycles. The maximum atomic E-state index is 12.3. The average Bonchev–Trinajstić information content (AvgIpc) is 3.30. The molecule has 1 amide bonds. The summed E-state index contributed by atoms with van der Waals surface area (Å²) in [4.78, 5) is 16.6. The van der Waals surface area contributed by atoms with Crippen molar-refractivity contribution in [1.82, 2.24) is 10.1 Å². The number of hydrogen-bond acceptors (Lipinski definition) is 6. The zero-order valence-electron chi connectivity index (χ0n) is 15.0. The number of aromatic nitrogens is 2. The van der Waals surface area contributed by atoms with Gasteiger partial charge in [-0.1, -0.05) is 17.3 Å². The van der Waals surface area contributed by atoms with Gasteiger partial charge in [-0.3, -0.25) is 4.79 Å². The highest BCUT2D eigenvalue weighted by Gasteiger charge is 2.28. The molecule has 0 atom stereocenters. The van der Waals surface area contributed by atoms with Crippen molar-refractivity contribution in [3.63, 3.8) is 0 Å². The third-order valence-corrected chi connectivity index (χ3v) is 6.49. The van der Waals surface area contributed by atoms with Crippen molar-refractivity contribution in [2.45, 2.75) is 24.2 Å². The van der Waals surface area contributed by atoms with Crippen molar-refractivity contribution in [1.29, 1.82) is 0 Å². The number of benzene rings is 2. The largest absolute Gasteiger partial charge is 0.342 e. The predicted octanol–water partition coefficient (Wildman–Crippen LogP) is 3.10. The Morgan fingerprint density at radius 3 is 2.39 bits per heavy atom. The summed E-state index contributed by atoms with van der Waals surface area (Å²) in [7, 11) is -3.23. The van der Waals surface area contributed by atoms with Gasteiger partial charge in [-0.15, -0.1) is 0 Å². The summed E-state index contributed by atoms with van der Waals surface area (Å²) in [5, 5.41) is 6.58. The molecular formula is C20H19N3O4S. The number of carbonyl (C=O) groups excluding carboxylic acids is 1. The molecule has 0 spiro atoms. The van der Waals surface area contributed by atoms with Crippen LogP contribution in [-0.4, -0.2) is 30.2 Å². The Morgan fingerprint density at radius 1 is 1.07 bits per heavy atom. The Labute approximate surface area is 162 Å². The molecule has 0 saturated heterocycles. The van der Waals surface area contributed by atoms with Gasteiger partial charge in [0.15, 0.2) is 9.84 Å². The summed E-state index contributed by atoms with van der Waals surface area (Å²) in [5.74, 6) is 0.824. The van der Waals surface area contributed by atoms with E-state index in [2.05, 4.69) is 15.5 Å². The second-order valence-electron chi connectivity index (χ2n) is 6.93. The molecule has 28 heavy (non-hydrogen) atoms. The van der Waals surface area contributed by atoms with E-state index in [1.54, 1.807) is 48.5 Å². The van der Waals surface area contributed by atoms with Gasteiger partial charge >= 0.3 is 0 Å². The van der Waals surface area contributed by atoms with E-state index >= 15 is 0 Å². The maximum Gasteiger partial charge on any atom is 0.228 e. The van der Waals surface area contributed by atoms with Crippen LogP contribution < -0.4 is 5.32 Å². The number of hydrogen-bond donors (Lipinski definition) is 1. The summed E-state index contributed by atoms with van der Waals surface area (Å²) < 4.78 is 29.3. The molecule has 8 heteroatoms. The fraction of sp³-hybridized carbons (Fsp3) is 0.250. The molecule has 4 rings (SSSR count). The summed E-state index contributed by atoms with van der Waals surface area (Å²) in [5.41, 5.74) is 2.20. The third kappa shape index (κ3) is 4.45. The zero-order chi connectivity index (χ0) is 19.6. The Kier molecular flexibility index (Phi) is 4.95. The lowest BCUT2D eigenvalue weighted by Crippen LogP contribution is -2.14. The molecule has 1 heterocycles. The Bertz CT molecular complexity index is 1060. The molecule has 0 unspecified atom stereocenters. The molecule has 1 aliphatic rings. The first-order valence-corrected chi connectivity index (χ1v) is 10.6. The van der Waals surface area contributed by atoms with Gasteiger partial charge in [0.25, 0.3) is 0 Å². The number of anilines is 1. The van der Waals surface area contributed by atoms with Crippen LogP contribution in [0.2, 0.25) is 0 Å². The monoisotopic (exact) mass is 397 g/mol. The van der Waals surface area contributed by atoms with Gasteiger partial charge < -0.3 is 9.84 Å². The van der Waals surface area contributed by atoms with E-state index in [0.717, 1.165) is 24.0 Å². The summed E-state index contributed by atoms with van der Waals surface area (Å²) in [6, 6.07) is 13.7. The maximum absolute atomic E-state index is 12.3. The van der Waals surface area contributed by atoms with Crippen LogP contribution in [0.15, 0.2) is 64.3 Å². The molecule has 144 valence electrons. The van der Waals surface area contributed by atoms with Crippen LogP contribution in [0.3, 0.4) is 0 Å². The molecule has 1 fully saturated rings. The quantitative estimate of drug-likeness (QED) is 0.657. The number of carbonyl (C=O) groups is 1. The van der Waals surface area contributed by atoms with E-state index in [4.69, 9.17) is 4.52 Å². The minimum atomic E-state index is -3.23. The van der Waals surface area contributed by atoms with E-state index in [0.29, 0.717) is 22.3 Å². The van der Waals surface area contributed by atoms with Crippen molar-refractivity contribution < 1.29 is 17.7 Å². The van der Waals surface area contributed by atoms with Gasteiger partial charge in [0.1, 0.15) is 0 Å². The van der Waals surface area contributed by atoms with Gasteiger partial charge in [-0.25, -0.2) is 8.42 Å². The van der Waals surface area contributed by atoms with Gasteiger partial charge in [0, 0.05) is 11.3 Å². The Hall–Kier alpha value is -3.00. The van der Waals surface area contributed by atoms with Crippen molar-refractivity contribution in [2.75, 3.05) is 11.1 Å². The molecule has 1 aromatic heterocycles. The molecule has 0 bridgehead atoms. The molecule has 1 aliphatic carbocycles.